The molecule has 1 amide bonds. The van der Waals surface area contributed by atoms with E-state index in [1.165, 1.54) is 11.6 Å². The fourth-order valence-electron chi connectivity index (χ4n) is 2.72. The van der Waals surface area contributed by atoms with Gasteiger partial charge in [-0.2, -0.15) is 5.10 Å². The van der Waals surface area contributed by atoms with Crippen LogP contribution < -0.4 is 15.6 Å². The summed E-state index contributed by atoms with van der Waals surface area (Å²) >= 11 is 0. The molecule has 0 aliphatic carbocycles. The molecule has 27 heavy (non-hydrogen) atoms. The van der Waals surface area contributed by atoms with Crippen LogP contribution in [0.1, 0.15) is 12.5 Å². The molecule has 6 nitrogen and oxygen atoms in total. The number of amides is 1. The number of carbonyl (C=O) groups excluding carboxylic acids is 1. The normalized spacial score (nSPS) is 10.4. The molecule has 3 aromatic rings. The van der Waals surface area contributed by atoms with E-state index in [9.17, 15) is 9.59 Å². The molecular formula is C21H21N3O3. The summed E-state index contributed by atoms with van der Waals surface area (Å²) in [4.78, 5) is 24.4. The van der Waals surface area contributed by atoms with Gasteiger partial charge in [-0.05, 0) is 42.3 Å². The molecule has 0 saturated carbocycles. The molecule has 0 radical (unpaired) electrons. The van der Waals surface area contributed by atoms with Gasteiger partial charge in [0, 0.05) is 17.3 Å². The van der Waals surface area contributed by atoms with Gasteiger partial charge in [0.15, 0.2) is 0 Å². The maximum atomic E-state index is 12.3. The monoisotopic (exact) mass is 363 g/mol. The minimum atomic E-state index is -0.342. The van der Waals surface area contributed by atoms with E-state index in [1.807, 2.05) is 48.5 Å². The molecular weight excluding hydrogens is 342 g/mol. The largest absolute Gasteiger partial charge is 0.496 e. The van der Waals surface area contributed by atoms with Crippen LogP contribution in [0, 0.1) is 0 Å². The highest BCUT2D eigenvalue weighted by molar-refractivity contribution is 5.90. The Balaban J connectivity index is 1.80. The van der Waals surface area contributed by atoms with Gasteiger partial charge >= 0.3 is 0 Å². The van der Waals surface area contributed by atoms with E-state index in [4.69, 9.17) is 4.74 Å². The van der Waals surface area contributed by atoms with E-state index >= 15 is 0 Å². The van der Waals surface area contributed by atoms with Crippen LogP contribution in [-0.4, -0.2) is 22.8 Å². The molecule has 0 saturated heterocycles. The maximum absolute atomic E-state index is 12.3. The molecule has 138 valence electrons. The number of ether oxygens (including phenoxy) is 1. The van der Waals surface area contributed by atoms with Gasteiger partial charge in [-0.15, -0.1) is 0 Å². The number of benzene rings is 2. The van der Waals surface area contributed by atoms with Gasteiger partial charge in [-0.25, -0.2) is 4.68 Å². The van der Waals surface area contributed by atoms with Gasteiger partial charge in [-0.1, -0.05) is 31.2 Å². The lowest BCUT2D eigenvalue weighted by molar-refractivity contribution is -0.117. The van der Waals surface area contributed by atoms with Crippen molar-refractivity contribution >= 4 is 11.6 Å². The van der Waals surface area contributed by atoms with Crippen molar-refractivity contribution in [3.8, 4) is 17.0 Å². The second kappa shape index (κ2) is 8.31. The van der Waals surface area contributed by atoms with Crippen molar-refractivity contribution in [2.45, 2.75) is 19.9 Å². The van der Waals surface area contributed by atoms with Crippen molar-refractivity contribution in [3.63, 3.8) is 0 Å². The number of hydrogen-bond acceptors (Lipinski definition) is 4. The van der Waals surface area contributed by atoms with E-state index < -0.39 is 0 Å². The fourth-order valence-corrected chi connectivity index (χ4v) is 2.72. The Morgan fingerprint density at radius 3 is 2.52 bits per heavy atom. The van der Waals surface area contributed by atoms with Crippen LogP contribution in [0.15, 0.2) is 65.5 Å². The molecule has 0 bridgehead atoms. The van der Waals surface area contributed by atoms with E-state index in [-0.39, 0.29) is 18.0 Å². The van der Waals surface area contributed by atoms with Crippen LogP contribution in [-0.2, 0) is 17.8 Å². The first-order valence-corrected chi connectivity index (χ1v) is 8.71. The SMILES string of the molecule is CCc1ccc(NC(=O)Cn2nc(-c3ccccc3OC)ccc2=O)cc1. The molecule has 0 unspecified atom stereocenters. The maximum Gasteiger partial charge on any atom is 0.267 e. The van der Waals surface area contributed by atoms with E-state index in [0.717, 1.165) is 16.7 Å². The van der Waals surface area contributed by atoms with Gasteiger partial charge in [0.2, 0.25) is 5.91 Å². The summed E-state index contributed by atoms with van der Waals surface area (Å²) in [6.07, 6.45) is 0.934. The second-order valence-electron chi connectivity index (χ2n) is 6.01. The Bertz CT molecular complexity index is 994. The second-order valence-corrected chi connectivity index (χ2v) is 6.01. The molecule has 2 aromatic carbocycles. The summed E-state index contributed by atoms with van der Waals surface area (Å²) in [6.45, 7) is 1.90. The molecule has 0 fully saturated rings. The molecule has 0 aliphatic rings. The molecule has 0 atom stereocenters. The zero-order chi connectivity index (χ0) is 19.2. The van der Waals surface area contributed by atoms with Crippen LogP contribution in [0.4, 0.5) is 5.69 Å². The standard InChI is InChI=1S/C21H21N3O3/c1-3-15-8-10-16(11-9-15)22-20(25)14-24-21(26)13-12-18(23-24)17-6-4-5-7-19(17)27-2/h4-13H,3,14H2,1-2H3,(H,22,25). The fraction of sp³-hybridized carbons (Fsp3) is 0.190. The van der Waals surface area contributed by atoms with Crippen molar-refractivity contribution in [1.29, 1.82) is 0 Å². The molecule has 1 heterocycles. The number of carbonyl (C=O) groups is 1. The summed E-state index contributed by atoms with van der Waals surface area (Å²) in [6, 6.07) is 18.0. The summed E-state index contributed by atoms with van der Waals surface area (Å²) < 4.78 is 6.49. The first-order chi connectivity index (χ1) is 13.1. The lowest BCUT2D eigenvalue weighted by atomic mass is 10.1. The van der Waals surface area contributed by atoms with Gasteiger partial charge in [0.1, 0.15) is 12.3 Å². The number of nitrogens with zero attached hydrogens (tertiary/aromatic N) is 2. The number of para-hydroxylation sites is 1. The van der Waals surface area contributed by atoms with Gasteiger partial charge < -0.3 is 10.1 Å². The predicted molar refractivity (Wildman–Crippen MR) is 105 cm³/mol. The zero-order valence-electron chi connectivity index (χ0n) is 15.3. The lowest BCUT2D eigenvalue weighted by Gasteiger charge is -2.10. The summed E-state index contributed by atoms with van der Waals surface area (Å²) in [5.74, 6) is 0.335. The van der Waals surface area contributed by atoms with Crippen LogP contribution in [0.3, 0.4) is 0 Å². The molecule has 0 spiro atoms. The number of aromatic nitrogens is 2. The van der Waals surface area contributed by atoms with Gasteiger partial charge in [-0.3, -0.25) is 9.59 Å². The highest BCUT2D eigenvalue weighted by Crippen LogP contribution is 2.27. The number of hydrogen-bond donors (Lipinski definition) is 1. The third kappa shape index (κ3) is 4.41. The number of rotatable bonds is 6. The number of aryl methyl sites for hydroxylation is 1. The van der Waals surface area contributed by atoms with Gasteiger partial charge in [0.25, 0.3) is 5.56 Å². The quantitative estimate of drug-likeness (QED) is 0.730. The molecule has 0 aliphatic heterocycles. The van der Waals surface area contributed by atoms with Gasteiger partial charge in [0.05, 0.1) is 12.8 Å². The highest BCUT2D eigenvalue weighted by Gasteiger charge is 2.11. The summed E-state index contributed by atoms with van der Waals surface area (Å²) in [5.41, 5.74) is 2.85. The minimum absolute atomic E-state index is 0.169. The average Bonchev–Trinajstić information content (AvgIpc) is 2.70. The highest BCUT2D eigenvalue weighted by atomic mass is 16.5. The first kappa shape index (κ1) is 18.4. The number of nitrogens with one attached hydrogen (secondary N) is 1. The van der Waals surface area contributed by atoms with Crippen LogP contribution in [0.25, 0.3) is 11.3 Å². The Morgan fingerprint density at radius 2 is 1.81 bits per heavy atom. The van der Waals surface area contributed by atoms with E-state index in [1.54, 1.807) is 13.2 Å². The average molecular weight is 363 g/mol. The van der Waals surface area contributed by atoms with E-state index in [0.29, 0.717) is 17.1 Å². The lowest BCUT2D eigenvalue weighted by Crippen LogP contribution is -2.29. The van der Waals surface area contributed by atoms with Crippen molar-refractivity contribution in [2.75, 3.05) is 12.4 Å². The minimum Gasteiger partial charge on any atom is -0.496 e. The number of methoxy groups -OCH3 is 1. The summed E-state index contributed by atoms with van der Waals surface area (Å²) in [7, 11) is 1.58. The molecule has 3 rings (SSSR count). The van der Waals surface area contributed by atoms with Crippen LogP contribution in [0.2, 0.25) is 0 Å². The Labute approximate surface area is 157 Å². The van der Waals surface area contributed by atoms with Crippen LogP contribution in [0.5, 0.6) is 5.75 Å². The van der Waals surface area contributed by atoms with Crippen molar-refractivity contribution in [1.82, 2.24) is 9.78 Å². The smallest absolute Gasteiger partial charge is 0.267 e. The van der Waals surface area contributed by atoms with Crippen molar-refractivity contribution in [2.24, 2.45) is 0 Å². The van der Waals surface area contributed by atoms with Crippen molar-refractivity contribution in [3.05, 3.63) is 76.6 Å². The topological polar surface area (TPSA) is 73.2 Å². The summed E-state index contributed by atoms with van der Waals surface area (Å²) in [5, 5.41) is 7.11. The Morgan fingerprint density at radius 1 is 1.07 bits per heavy atom. The molecule has 6 heteroatoms. The molecule has 1 N–H and O–H groups in total. The first-order valence-electron chi connectivity index (χ1n) is 8.71. The molecule has 1 aromatic heterocycles. The van der Waals surface area contributed by atoms with Crippen LogP contribution >= 0.6 is 0 Å². The Kier molecular flexibility index (Phi) is 5.66. The zero-order valence-corrected chi connectivity index (χ0v) is 15.3. The third-order valence-corrected chi connectivity index (χ3v) is 4.19. The third-order valence-electron chi connectivity index (χ3n) is 4.19. The number of anilines is 1. The Hall–Kier alpha value is -3.41. The predicted octanol–water partition coefficient (Wildman–Crippen LogP) is 3.12. The van der Waals surface area contributed by atoms with Crippen molar-refractivity contribution < 1.29 is 9.53 Å². The van der Waals surface area contributed by atoms with E-state index in [2.05, 4.69) is 17.3 Å².